The summed E-state index contributed by atoms with van der Waals surface area (Å²) in [6.07, 6.45) is 0. The van der Waals surface area contributed by atoms with Crippen LogP contribution in [0.1, 0.15) is 29.9 Å². The number of aromatic amines is 1. The Morgan fingerprint density at radius 2 is 2.07 bits per heavy atom. The maximum absolute atomic E-state index is 14.7. The summed E-state index contributed by atoms with van der Waals surface area (Å²) in [6.45, 7) is 1.72. The molecule has 1 atom stereocenters. The van der Waals surface area contributed by atoms with Crippen LogP contribution >= 0.6 is 15.9 Å². The van der Waals surface area contributed by atoms with E-state index in [1.807, 2.05) is 0 Å². The van der Waals surface area contributed by atoms with Crippen LogP contribution in [0.2, 0.25) is 0 Å². The van der Waals surface area contributed by atoms with E-state index in [0.717, 1.165) is 6.07 Å². The highest BCUT2D eigenvalue weighted by Crippen LogP contribution is 2.33. The third kappa shape index (κ3) is 3.74. The van der Waals surface area contributed by atoms with Crippen molar-refractivity contribution in [2.45, 2.75) is 25.8 Å². The van der Waals surface area contributed by atoms with Crippen molar-refractivity contribution in [3.8, 4) is 0 Å². The molecule has 0 radical (unpaired) electrons. The van der Waals surface area contributed by atoms with Crippen LogP contribution in [0.5, 0.6) is 0 Å². The highest BCUT2D eigenvalue weighted by molar-refractivity contribution is 9.10. The van der Waals surface area contributed by atoms with Gasteiger partial charge in [-0.15, -0.1) is 0 Å². The SMILES string of the molecule is Cc1nc(N[C@H](C)c2cccc(C(F)(F)CO)c2F)c2cc(Br)c(=O)[nH]c2n1. The molecule has 0 unspecified atom stereocenters. The number of H-pyrrole nitrogens is 1. The standard InChI is InChI=1S/C18H16BrF3N4O2/c1-8(10-4-3-5-12(14(10)20)18(21,22)7-27)23-15-11-6-13(19)17(28)26-16(11)25-9(2)24-15/h3-6,8,27H,7H2,1-2H3,(H2,23,24,25,26,28)/t8-/m1/s1. The number of alkyl halides is 2. The molecule has 0 spiro atoms. The van der Waals surface area contributed by atoms with E-state index >= 15 is 0 Å². The molecule has 2 aromatic heterocycles. The quantitative estimate of drug-likeness (QED) is 0.543. The minimum Gasteiger partial charge on any atom is -0.390 e. The van der Waals surface area contributed by atoms with Crippen LogP contribution in [0.4, 0.5) is 19.0 Å². The number of halogens is 4. The van der Waals surface area contributed by atoms with Crippen molar-refractivity contribution in [3.63, 3.8) is 0 Å². The number of aliphatic hydroxyl groups excluding tert-OH is 1. The summed E-state index contributed by atoms with van der Waals surface area (Å²) < 4.78 is 42.5. The largest absolute Gasteiger partial charge is 0.390 e. The van der Waals surface area contributed by atoms with Gasteiger partial charge in [-0.2, -0.15) is 8.78 Å². The highest BCUT2D eigenvalue weighted by atomic mass is 79.9. The molecule has 2 heterocycles. The molecule has 0 aliphatic rings. The van der Waals surface area contributed by atoms with Gasteiger partial charge in [0.25, 0.3) is 11.5 Å². The zero-order valence-corrected chi connectivity index (χ0v) is 16.4. The molecular formula is C18H16BrF3N4O2. The highest BCUT2D eigenvalue weighted by Gasteiger charge is 2.35. The van der Waals surface area contributed by atoms with Gasteiger partial charge in [-0.3, -0.25) is 4.79 Å². The average molecular weight is 457 g/mol. The smallest absolute Gasteiger partial charge is 0.298 e. The van der Waals surface area contributed by atoms with Gasteiger partial charge < -0.3 is 15.4 Å². The number of nitrogens with one attached hydrogen (secondary N) is 2. The second-order valence-electron chi connectivity index (χ2n) is 6.27. The first-order valence-corrected chi connectivity index (χ1v) is 9.04. The van der Waals surface area contributed by atoms with E-state index in [9.17, 15) is 18.0 Å². The van der Waals surface area contributed by atoms with Crippen molar-refractivity contribution in [1.82, 2.24) is 15.0 Å². The van der Waals surface area contributed by atoms with E-state index in [2.05, 4.69) is 36.2 Å². The Kier molecular flexibility index (Phi) is 5.44. The lowest BCUT2D eigenvalue weighted by molar-refractivity contribution is -0.0583. The molecule has 28 heavy (non-hydrogen) atoms. The van der Waals surface area contributed by atoms with Crippen LogP contribution in [-0.4, -0.2) is 26.7 Å². The van der Waals surface area contributed by atoms with Gasteiger partial charge in [-0.1, -0.05) is 12.1 Å². The second kappa shape index (κ2) is 7.51. The summed E-state index contributed by atoms with van der Waals surface area (Å²) in [6, 6.07) is 4.39. The number of aryl methyl sites for hydroxylation is 1. The van der Waals surface area contributed by atoms with E-state index in [-0.39, 0.29) is 21.2 Å². The number of anilines is 1. The fourth-order valence-corrected chi connectivity index (χ4v) is 3.15. The Hall–Kier alpha value is -2.46. The molecule has 0 amide bonds. The molecule has 6 nitrogen and oxygen atoms in total. The molecular weight excluding hydrogens is 441 g/mol. The number of hydrogen-bond donors (Lipinski definition) is 3. The Balaban J connectivity index is 2.05. The number of benzene rings is 1. The number of nitrogens with zero attached hydrogens (tertiary/aromatic N) is 2. The normalized spacial score (nSPS) is 13.0. The molecule has 0 saturated heterocycles. The number of aliphatic hydroxyl groups is 1. The van der Waals surface area contributed by atoms with Gasteiger partial charge in [0, 0.05) is 5.56 Å². The molecule has 3 rings (SSSR count). The Labute approximate surface area is 166 Å². The van der Waals surface area contributed by atoms with Crippen LogP contribution in [0.15, 0.2) is 33.5 Å². The topological polar surface area (TPSA) is 90.9 Å². The van der Waals surface area contributed by atoms with Gasteiger partial charge in [0.2, 0.25) is 0 Å². The zero-order chi connectivity index (χ0) is 20.6. The van der Waals surface area contributed by atoms with Gasteiger partial charge in [0.1, 0.15) is 29.7 Å². The number of rotatable bonds is 5. The van der Waals surface area contributed by atoms with Crippen LogP contribution in [-0.2, 0) is 5.92 Å². The van der Waals surface area contributed by atoms with Gasteiger partial charge in [0.15, 0.2) is 0 Å². The number of aromatic nitrogens is 3. The maximum atomic E-state index is 14.7. The Bertz CT molecular complexity index is 1100. The third-order valence-corrected chi connectivity index (χ3v) is 4.81. The van der Waals surface area contributed by atoms with E-state index < -0.39 is 30.0 Å². The molecule has 3 N–H and O–H groups in total. The summed E-state index contributed by atoms with van der Waals surface area (Å²) in [7, 11) is 0. The second-order valence-corrected chi connectivity index (χ2v) is 7.12. The fourth-order valence-electron chi connectivity index (χ4n) is 2.82. The monoisotopic (exact) mass is 456 g/mol. The molecule has 0 saturated carbocycles. The van der Waals surface area contributed by atoms with Crippen LogP contribution in [0, 0.1) is 12.7 Å². The molecule has 0 aliphatic carbocycles. The van der Waals surface area contributed by atoms with E-state index in [1.54, 1.807) is 13.8 Å². The number of pyridine rings is 1. The molecule has 0 fully saturated rings. The van der Waals surface area contributed by atoms with Crippen molar-refractivity contribution < 1.29 is 18.3 Å². The Morgan fingerprint density at radius 3 is 2.75 bits per heavy atom. The fraction of sp³-hybridized carbons (Fsp3) is 0.278. The number of hydrogen-bond acceptors (Lipinski definition) is 5. The molecule has 10 heteroatoms. The summed E-state index contributed by atoms with van der Waals surface area (Å²) >= 11 is 3.14. The van der Waals surface area contributed by atoms with Crippen LogP contribution < -0.4 is 10.9 Å². The van der Waals surface area contributed by atoms with Crippen molar-refractivity contribution in [3.05, 3.63) is 61.9 Å². The van der Waals surface area contributed by atoms with Gasteiger partial charge in [0.05, 0.1) is 21.5 Å². The van der Waals surface area contributed by atoms with Crippen molar-refractivity contribution in [2.75, 3.05) is 11.9 Å². The first-order chi connectivity index (χ1) is 13.1. The van der Waals surface area contributed by atoms with Crippen molar-refractivity contribution in [2.24, 2.45) is 0 Å². The predicted molar refractivity (Wildman–Crippen MR) is 102 cm³/mol. The molecule has 1 aromatic carbocycles. The average Bonchev–Trinajstić information content (AvgIpc) is 2.63. The Morgan fingerprint density at radius 1 is 1.36 bits per heavy atom. The van der Waals surface area contributed by atoms with Crippen molar-refractivity contribution in [1.29, 1.82) is 0 Å². The summed E-state index contributed by atoms with van der Waals surface area (Å²) in [5.74, 6) is -4.12. The number of fused-ring (bicyclic) bond motifs is 1. The van der Waals surface area contributed by atoms with E-state index in [4.69, 9.17) is 5.11 Å². The first kappa shape index (κ1) is 20.3. The van der Waals surface area contributed by atoms with Crippen LogP contribution in [0.3, 0.4) is 0 Å². The minimum absolute atomic E-state index is 0.0152. The summed E-state index contributed by atoms with van der Waals surface area (Å²) in [4.78, 5) is 22.8. The lowest BCUT2D eigenvalue weighted by atomic mass is 10.0. The molecule has 0 bridgehead atoms. The van der Waals surface area contributed by atoms with Gasteiger partial charge in [-0.05, 0) is 41.9 Å². The summed E-state index contributed by atoms with van der Waals surface area (Å²) in [5, 5.41) is 12.3. The van der Waals surface area contributed by atoms with Gasteiger partial charge >= 0.3 is 0 Å². The van der Waals surface area contributed by atoms with Crippen molar-refractivity contribution >= 4 is 32.8 Å². The van der Waals surface area contributed by atoms with E-state index in [0.29, 0.717) is 17.0 Å². The first-order valence-electron chi connectivity index (χ1n) is 8.25. The zero-order valence-electron chi connectivity index (χ0n) is 14.9. The third-order valence-electron chi connectivity index (χ3n) is 4.22. The van der Waals surface area contributed by atoms with Crippen LogP contribution in [0.25, 0.3) is 11.0 Å². The lowest BCUT2D eigenvalue weighted by Gasteiger charge is -2.21. The summed E-state index contributed by atoms with van der Waals surface area (Å²) in [5.41, 5.74) is -0.971. The minimum atomic E-state index is -3.69. The van der Waals surface area contributed by atoms with Gasteiger partial charge in [-0.25, -0.2) is 14.4 Å². The molecule has 148 valence electrons. The maximum Gasteiger partial charge on any atom is 0.298 e. The lowest BCUT2D eigenvalue weighted by Crippen LogP contribution is -2.22. The molecule has 0 aliphatic heterocycles. The predicted octanol–water partition coefficient (Wildman–Crippen LogP) is 3.79. The molecule has 3 aromatic rings. The van der Waals surface area contributed by atoms with E-state index in [1.165, 1.54) is 18.2 Å².